The highest BCUT2D eigenvalue weighted by Crippen LogP contribution is 2.27. The lowest BCUT2D eigenvalue weighted by atomic mass is 10.0. The van der Waals surface area contributed by atoms with E-state index in [1.165, 1.54) is 0 Å². The first-order chi connectivity index (χ1) is 13.1. The monoisotopic (exact) mass is 362 g/mol. The van der Waals surface area contributed by atoms with Crippen LogP contribution in [0.3, 0.4) is 0 Å². The second-order valence-electron chi connectivity index (χ2n) is 6.12. The average Bonchev–Trinajstić information content (AvgIpc) is 2.71. The molecule has 0 fully saturated rings. The predicted octanol–water partition coefficient (Wildman–Crippen LogP) is 3.94. The van der Waals surface area contributed by atoms with Crippen LogP contribution in [-0.2, 0) is 11.2 Å². The van der Waals surface area contributed by atoms with Gasteiger partial charge in [-0.05, 0) is 41.5 Å². The van der Waals surface area contributed by atoms with Crippen molar-refractivity contribution in [1.29, 1.82) is 0 Å². The minimum atomic E-state index is -0.161. The van der Waals surface area contributed by atoms with E-state index in [9.17, 15) is 4.79 Å². The molecule has 1 amide bonds. The number of ether oxygens (including phenoxy) is 2. The zero-order chi connectivity index (χ0) is 19.2. The second-order valence-corrected chi connectivity index (χ2v) is 6.12. The van der Waals surface area contributed by atoms with Gasteiger partial charge in [0.15, 0.2) is 11.5 Å². The number of carbonyl (C=O) groups is 1. The van der Waals surface area contributed by atoms with Crippen molar-refractivity contribution in [2.24, 2.45) is 5.10 Å². The number of benzene rings is 3. The molecule has 0 aliphatic carbocycles. The molecule has 5 heteroatoms. The molecule has 0 atom stereocenters. The number of nitrogens with zero attached hydrogens (tertiary/aromatic N) is 1. The van der Waals surface area contributed by atoms with Crippen molar-refractivity contribution >= 4 is 22.4 Å². The summed E-state index contributed by atoms with van der Waals surface area (Å²) in [5.74, 6) is 1.10. The van der Waals surface area contributed by atoms with E-state index in [2.05, 4.69) is 10.5 Å². The summed E-state index contributed by atoms with van der Waals surface area (Å²) in [5.41, 5.74) is 5.14. The highest BCUT2D eigenvalue weighted by atomic mass is 16.5. The van der Waals surface area contributed by atoms with Crippen molar-refractivity contribution in [2.75, 3.05) is 14.2 Å². The summed E-state index contributed by atoms with van der Waals surface area (Å²) >= 11 is 0. The van der Waals surface area contributed by atoms with Crippen LogP contribution in [0, 0.1) is 0 Å². The molecule has 0 radical (unpaired) electrons. The number of hydrazone groups is 1. The van der Waals surface area contributed by atoms with Crippen molar-refractivity contribution in [3.05, 3.63) is 71.8 Å². The molecular formula is C22H22N2O3. The third-order valence-electron chi connectivity index (χ3n) is 4.38. The third-order valence-corrected chi connectivity index (χ3v) is 4.38. The summed E-state index contributed by atoms with van der Waals surface area (Å²) in [4.78, 5) is 12.4. The van der Waals surface area contributed by atoms with Crippen molar-refractivity contribution in [2.45, 2.75) is 13.3 Å². The number of hydrogen-bond donors (Lipinski definition) is 1. The molecule has 0 aliphatic rings. The van der Waals surface area contributed by atoms with E-state index in [-0.39, 0.29) is 12.3 Å². The molecule has 1 N–H and O–H groups in total. The van der Waals surface area contributed by atoms with E-state index in [4.69, 9.17) is 9.47 Å². The lowest BCUT2D eigenvalue weighted by Crippen LogP contribution is -2.21. The molecule has 0 saturated carbocycles. The van der Waals surface area contributed by atoms with E-state index >= 15 is 0 Å². The van der Waals surface area contributed by atoms with E-state index in [0.29, 0.717) is 17.2 Å². The summed E-state index contributed by atoms with van der Waals surface area (Å²) in [6.07, 6.45) is 0.268. The van der Waals surface area contributed by atoms with Crippen molar-refractivity contribution in [3.63, 3.8) is 0 Å². The highest BCUT2D eigenvalue weighted by Gasteiger charge is 2.09. The normalized spacial score (nSPS) is 11.3. The minimum absolute atomic E-state index is 0.161. The molecule has 27 heavy (non-hydrogen) atoms. The van der Waals surface area contributed by atoms with Crippen LogP contribution >= 0.6 is 0 Å². The molecule has 0 aromatic heterocycles. The second kappa shape index (κ2) is 8.36. The van der Waals surface area contributed by atoms with Crippen LogP contribution in [0.15, 0.2) is 65.8 Å². The quantitative estimate of drug-likeness (QED) is 0.534. The highest BCUT2D eigenvalue weighted by molar-refractivity contribution is 6.00. The molecule has 0 unspecified atom stereocenters. The summed E-state index contributed by atoms with van der Waals surface area (Å²) < 4.78 is 10.5. The summed E-state index contributed by atoms with van der Waals surface area (Å²) in [6, 6.07) is 19.5. The number of fused-ring (bicyclic) bond motifs is 1. The van der Waals surface area contributed by atoms with E-state index in [0.717, 1.165) is 21.9 Å². The van der Waals surface area contributed by atoms with Gasteiger partial charge in [0.1, 0.15) is 0 Å². The zero-order valence-electron chi connectivity index (χ0n) is 15.7. The Bertz CT molecular complexity index is 991. The SMILES string of the molecule is COc1ccc(/C(C)=N/NC(=O)Cc2cccc3ccccc23)cc1OC. The molecule has 3 aromatic rings. The van der Waals surface area contributed by atoms with Gasteiger partial charge in [0.25, 0.3) is 0 Å². The van der Waals surface area contributed by atoms with Crippen LogP contribution in [-0.4, -0.2) is 25.8 Å². The summed E-state index contributed by atoms with van der Waals surface area (Å²) in [5, 5.41) is 6.42. The predicted molar refractivity (Wildman–Crippen MR) is 108 cm³/mol. The van der Waals surface area contributed by atoms with Crippen LogP contribution in [0.25, 0.3) is 10.8 Å². The first-order valence-corrected chi connectivity index (χ1v) is 8.64. The molecule has 3 aromatic carbocycles. The molecule has 0 saturated heterocycles. The maximum atomic E-state index is 12.4. The molecule has 0 spiro atoms. The molecule has 0 aliphatic heterocycles. The van der Waals surface area contributed by atoms with Crippen LogP contribution in [0.4, 0.5) is 0 Å². The molecule has 3 rings (SSSR count). The maximum absolute atomic E-state index is 12.4. The number of amides is 1. The number of hydrogen-bond acceptors (Lipinski definition) is 4. The number of carbonyl (C=O) groups excluding carboxylic acids is 1. The largest absolute Gasteiger partial charge is 0.493 e. The topological polar surface area (TPSA) is 59.9 Å². The maximum Gasteiger partial charge on any atom is 0.244 e. The van der Waals surface area contributed by atoms with Crippen molar-refractivity contribution < 1.29 is 14.3 Å². The van der Waals surface area contributed by atoms with Gasteiger partial charge in [-0.25, -0.2) is 5.43 Å². The Kier molecular flexibility index (Phi) is 5.71. The van der Waals surface area contributed by atoms with Gasteiger partial charge in [-0.3, -0.25) is 4.79 Å². The molecule has 0 heterocycles. The minimum Gasteiger partial charge on any atom is -0.493 e. The number of methoxy groups -OCH3 is 2. The van der Waals surface area contributed by atoms with Gasteiger partial charge in [-0.15, -0.1) is 0 Å². The number of rotatable bonds is 6. The van der Waals surface area contributed by atoms with Gasteiger partial charge < -0.3 is 9.47 Å². The number of nitrogens with one attached hydrogen (secondary N) is 1. The first-order valence-electron chi connectivity index (χ1n) is 8.64. The lowest BCUT2D eigenvalue weighted by Gasteiger charge is -2.10. The Hall–Kier alpha value is -3.34. The standard InChI is InChI=1S/C22H22N2O3/c1-15(17-11-12-20(26-2)21(13-17)27-3)23-24-22(25)14-18-9-6-8-16-7-4-5-10-19(16)18/h4-13H,14H2,1-3H3,(H,24,25)/b23-15+. The van der Waals surface area contributed by atoms with Crippen molar-refractivity contribution in [3.8, 4) is 11.5 Å². The fourth-order valence-corrected chi connectivity index (χ4v) is 2.93. The van der Waals surface area contributed by atoms with Crippen LogP contribution in [0.1, 0.15) is 18.1 Å². The van der Waals surface area contributed by atoms with Gasteiger partial charge in [-0.2, -0.15) is 5.10 Å². The Morgan fingerprint density at radius 2 is 1.70 bits per heavy atom. The molecular weight excluding hydrogens is 340 g/mol. The van der Waals surface area contributed by atoms with E-state index in [1.54, 1.807) is 14.2 Å². The molecule has 5 nitrogen and oxygen atoms in total. The smallest absolute Gasteiger partial charge is 0.244 e. The lowest BCUT2D eigenvalue weighted by molar-refractivity contribution is -0.120. The van der Waals surface area contributed by atoms with Gasteiger partial charge in [-0.1, -0.05) is 42.5 Å². The Morgan fingerprint density at radius 3 is 2.48 bits per heavy atom. The molecule has 138 valence electrons. The molecule has 0 bridgehead atoms. The van der Waals surface area contributed by atoms with Crippen molar-refractivity contribution in [1.82, 2.24) is 5.43 Å². The Balaban J connectivity index is 1.72. The van der Waals surface area contributed by atoms with Crippen LogP contribution in [0.5, 0.6) is 11.5 Å². The van der Waals surface area contributed by atoms with Gasteiger partial charge >= 0.3 is 0 Å². The average molecular weight is 362 g/mol. The Labute approximate surface area is 158 Å². The third kappa shape index (κ3) is 4.26. The van der Waals surface area contributed by atoms with Crippen LogP contribution in [0.2, 0.25) is 0 Å². The first kappa shape index (κ1) is 18.5. The van der Waals surface area contributed by atoms with E-state index in [1.807, 2.05) is 67.6 Å². The van der Waals surface area contributed by atoms with Gasteiger partial charge in [0.2, 0.25) is 5.91 Å². The van der Waals surface area contributed by atoms with Gasteiger partial charge in [0.05, 0.1) is 26.4 Å². The summed E-state index contributed by atoms with van der Waals surface area (Å²) in [6.45, 7) is 1.83. The summed E-state index contributed by atoms with van der Waals surface area (Å²) in [7, 11) is 3.17. The fourth-order valence-electron chi connectivity index (χ4n) is 2.93. The van der Waals surface area contributed by atoms with Gasteiger partial charge in [0, 0.05) is 5.56 Å². The fraction of sp³-hybridized carbons (Fsp3) is 0.182. The van der Waals surface area contributed by atoms with E-state index < -0.39 is 0 Å². The van der Waals surface area contributed by atoms with Crippen LogP contribution < -0.4 is 14.9 Å². The zero-order valence-corrected chi connectivity index (χ0v) is 15.7. The Morgan fingerprint density at radius 1 is 0.963 bits per heavy atom.